The van der Waals surface area contributed by atoms with Gasteiger partial charge in [-0.05, 0) is 11.8 Å². The summed E-state index contributed by atoms with van der Waals surface area (Å²) in [6, 6.07) is -1.45. The lowest BCUT2D eigenvalue weighted by atomic mass is 9.72. The van der Waals surface area contributed by atoms with Crippen LogP contribution in [0.15, 0.2) is 12.7 Å². The second kappa shape index (κ2) is 5.46. The van der Waals surface area contributed by atoms with Crippen LogP contribution in [0.3, 0.4) is 0 Å². The van der Waals surface area contributed by atoms with Crippen LogP contribution in [0, 0.1) is 5.41 Å². The van der Waals surface area contributed by atoms with Crippen LogP contribution in [-0.2, 0) is 14.9 Å². The van der Waals surface area contributed by atoms with Gasteiger partial charge >= 0.3 is 0 Å². The van der Waals surface area contributed by atoms with E-state index in [2.05, 4.69) is 6.58 Å². The van der Waals surface area contributed by atoms with Gasteiger partial charge in [0.05, 0.1) is 21.1 Å². The van der Waals surface area contributed by atoms with E-state index < -0.39 is 32.3 Å². The average molecular weight is 307 g/mol. The molecule has 2 atom stereocenters. The van der Waals surface area contributed by atoms with Gasteiger partial charge in [0.1, 0.15) is 5.97 Å². The van der Waals surface area contributed by atoms with E-state index >= 15 is 0 Å². The molecule has 0 aromatic rings. The number of quaternary nitrogens is 1. The van der Waals surface area contributed by atoms with E-state index in [9.17, 15) is 22.9 Å². The van der Waals surface area contributed by atoms with Crippen LogP contribution < -0.4 is 5.11 Å². The first kappa shape index (κ1) is 19.1. The van der Waals surface area contributed by atoms with Gasteiger partial charge in [0.15, 0.2) is 10.8 Å². The van der Waals surface area contributed by atoms with Crippen molar-refractivity contribution in [1.82, 2.24) is 0 Å². The molecule has 6 nitrogen and oxygen atoms in total. The molecular formula is C13H25NO5S. The summed E-state index contributed by atoms with van der Waals surface area (Å²) in [4.78, 5) is 11.6. The summed E-state index contributed by atoms with van der Waals surface area (Å²) in [5.41, 5.74) is -1.04. The van der Waals surface area contributed by atoms with E-state index in [1.165, 1.54) is 6.08 Å². The van der Waals surface area contributed by atoms with E-state index in [0.29, 0.717) is 0 Å². The van der Waals surface area contributed by atoms with Gasteiger partial charge in [-0.3, -0.25) is 4.55 Å². The lowest BCUT2D eigenvalue weighted by molar-refractivity contribution is -0.892. The standard InChI is InChI=1S/C13H25NO5S/c1-8-9-13(12(2,3)4,20(17,18)19)10(11(15)16)14(5,6)7/h8,10H,1,9H2,2-7H3,(H-,15,16,17,18,19). The molecule has 0 saturated heterocycles. The van der Waals surface area contributed by atoms with Crippen molar-refractivity contribution in [2.45, 2.75) is 38.0 Å². The van der Waals surface area contributed by atoms with Crippen LogP contribution in [0.25, 0.3) is 0 Å². The Hall–Kier alpha value is -0.920. The second-order valence-electron chi connectivity index (χ2n) is 6.95. The van der Waals surface area contributed by atoms with Crippen molar-refractivity contribution in [1.29, 1.82) is 0 Å². The van der Waals surface area contributed by atoms with Gasteiger partial charge in [0.25, 0.3) is 10.1 Å². The highest BCUT2D eigenvalue weighted by Crippen LogP contribution is 2.45. The topological polar surface area (TPSA) is 94.5 Å². The van der Waals surface area contributed by atoms with Gasteiger partial charge in [0.2, 0.25) is 0 Å². The SMILES string of the molecule is C=CCC(C(C(=O)[O-])[N+](C)(C)C)(C(C)(C)C)S(=O)(=O)O. The molecule has 1 N–H and O–H groups in total. The Balaban J connectivity index is 6.67. The molecule has 0 heterocycles. The number of rotatable bonds is 6. The van der Waals surface area contributed by atoms with Gasteiger partial charge < -0.3 is 14.4 Å². The van der Waals surface area contributed by atoms with Gasteiger partial charge in [-0.2, -0.15) is 8.42 Å². The fourth-order valence-corrected chi connectivity index (χ4v) is 4.60. The van der Waals surface area contributed by atoms with Crippen LogP contribution in [0.2, 0.25) is 0 Å². The molecule has 0 aliphatic heterocycles. The van der Waals surface area contributed by atoms with E-state index in [1.807, 2.05) is 0 Å². The fraction of sp³-hybridized carbons (Fsp3) is 0.769. The minimum atomic E-state index is -4.68. The van der Waals surface area contributed by atoms with Crippen LogP contribution in [-0.4, -0.2) is 55.4 Å². The summed E-state index contributed by atoms with van der Waals surface area (Å²) >= 11 is 0. The number of allylic oxidation sites excluding steroid dienone is 1. The van der Waals surface area contributed by atoms with Crippen LogP contribution in [0.5, 0.6) is 0 Å². The first-order valence-electron chi connectivity index (χ1n) is 6.23. The number of carboxylic acid groups (broad SMARTS) is 1. The summed E-state index contributed by atoms with van der Waals surface area (Å²) < 4.78 is 31.8. The van der Waals surface area contributed by atoms with Crippen LogP contribution >= 0.6 is 0 Å². The average Bonchev–Trinajstić information content (AvgIpc) is 2.09. The molecule has 0 radical (unpaired) electrons. The molecule has 0 rings (SSSR count). The number of carbonyl (C=O) groups is 1. The monoisotopic (exact) mass is 307 g/mol. The normalized spacial score (nSPS) is 18.1. The van der Waals surface area contributed by atoms with Gasteiger partial charge in [-0.1, -0.05) is 26.8 Å². The smallest absolute Gasteiger partial charge is 0.277 e. The third-order valence-corrected chi connectivity index (χ3v) is 5.54. The van der Waals surface area contributed by atoms with Gasteiger partial charge in [-0.25, -0.2) is 0 Å². The number of aliphatic carboxylic acids is 1. The number of hydrogen-bond acceptors (Lipinski definition) is 4. The van der Waals surface area contributed by atoms with Crippen molar-refractivity contribution >= 4 is 16.1 Å². The van der Waals surface area contributed by atoms with E-state index in [1.54, 1.807) is 41.9 Å². The third kappa shape index (κ3) is 3.21. The summed E-state index contributed by atoms with van der Waals surface area (Å²) in [7, 11) is -0.0290. The molecule has 118 valence electrons. The molecule has 0 fully saturated rings. The highest BCUT2D eigenvalue weighted by molar-refractivity contribution is 7.87. The molecule has 20 heavy (non-hydrogen) atoms. The van der Waals surface area contributed by atoms with Crippen molar-refractivity contribution in [2.75, 3.05) is 21.1 Å². The Kier molecular flexibility index (Phi) is 5.21. The Bertz CT molecular complexity index is 484. The summed E-state index contributed by atoms with van der Waals surface area (Å²) in [5, 5.41) is 11.6. The predicted octanol–water partition coefficient (Wildman–Crippen LogP) is 0.0599. The molecule has 0 aliphatic carbocycles. The molecule has 0 aliphatic rings. The lowest BCUT2D eigenvalue weighted by Crippen LogP contribution is -2.72. The quantitative estimate of drug-likeness (QED) is 0.425. The van der Waals surface area contributed by atoms with Crippen molar-refractivity contribution in [3.05, 3.63) is 12.7 Å². The first-order valence-corrected chi connectivity index (χ1v) is 7.67. The maximum atomic E-state index is 12.1. The molecule has 7 heteroatoms. The van der Waals surface area contributed by atoms with E-state index in [0.717, 1.165) is 0 Å². The highest BCUT2D eigenvalue weighted by Gasteiger charge is 2.62. The summed E-state index contributed by atoms with van der Waals surface area (Å²) in [6.45, 7) is 8.24. The van der Waals surface area contributed by atoms with Crippen LogP contribution in [0.1, 0.15) is 27.2 Å². The molecule has 2 unspecified atom stereocenters. The maximum Gasteiger partial charge on any atom is 0.277 e. The Morgan fingerprint density at radius 3 is 1.90 bits per heavy atom. The number of likely N-dealkylation sites (N-methyl/N-ethyl adjacent to an activating group) is 1. The third-order valence-electron chi connectivity index (χ3n) is 3.62. The number of carbonyl (C=O) groups excluding carboxylic acids is 1. The zero-order valence-corrected chi connectivity index (χ0v) is 13.8. The van der Waals surface area contributed by atoms with E-state index in [4.69, 9.17) is 0 Å². The van der Waals surface area contributed by atoms with E-state index in [-0.39, 0.29) is 10.9 Å². The Labute approximate surface area is 121 Å². The molecule has 0 amide bonds. The Morgan fingerprint density at radius 2 is 1.75 bits per heavy atom. The molecule has 0 saturated carbocycles. The largest absolute Gasteiger partial charge is 0.544 e. The summed E-state index contributed by atoms with van der Waals surface area (Å²) in [5.74, 6) is -1.52. The van der Waals surface area contributed by atoms with Crippen molar-refractivity contribution < 1.29 is 27.4 Å². The number of nitrogens with zero attached hydrogens (tertiary/aromatic N) is 1. The van der Waals surface area contributed by atoms with Crippen molar-refractivity contribution in [3.63, 3.8) is 0 Å². The summed E-state index contributed by atoms with van der Waals surface area (Å²) in [6.07, 6.45) is 1.12. The molecular weight excluding hydrogens is 282 g/mol. The van der Waals surface area contributed by atoms with Crippen molar-refractivity contribution in [2.24, 2.45) is 5.41 Å². The maximum absolute atomic E-state index is 12.1. The van der Waals surface area contributed by atoms with Crippen molar-refractivity contribution in [3.8, 4) is 0 Å². The molecule has 0 spiro atoms. The minimum Gasteiger partial charge on any atom is -0.544 e. The second-order valence-corrected chi connectivity index (χ2v) is 8.62. The zero-order chi connectivity index (χ0) is 16.6. The highest BCUT2D eigenvalue weighted by atomic mass is 32.2. The van der Waals surface area contributed by atoms with Gasteiger partial charge in [0, 0.05) is 0 Å². The molecule has 0 aromatic carbocycles. The zero-order valence-electron chi connectivity index (χ0n) is 13.0. The van der Waals surface area contributed by atoms with Gasteiger partial charge in [-0.15, -0.1) is 6.58 Å². The predicted molar refractivity (Wildman–Crippen MR) is 75.4 cm³/mol. The minimum absolute atomic E-state index is 0.191. The molecule has 0 bridgehead atoms. The lowest BCUT2D eigenvalue weighted by Gasteiger charge is -2.51. The Morgan fingerprint density at radius 1 is 1.35 bits per heavy atom. The van der Waals surface area contributed by atoms with Crippen LogP contribution in [0.4, 0.5) is 0 Å². The number of carboxylic acids is 1. The first-order chi connectivity index (χ1) is 8.63. The fourth-order valence-electron chi connectivity index (χ4n) is 2.81. The molecule has 0 aromatic heterocycles. The number of hydrogen-bond donors (Lipinski definition) is 1.